The highest BCUT2D eigenvalue weighted by atomic mass is 32.2. The predicted octanol–water partition coefficient (Wildman–Crippen LogP) is 2.31. The van der Waals surface area contributed by atoms with E-state index in [-0.39, 0.29) is 6.04 Å². The van der Waals surface area contributed by atoms with Gasteiger partial charge in [-0.15, -0.1) is 0 Å². The van der Waals surface area contributed by atoms with Gasteiger partial charge in [-0.25, -0.2) is 0 Å². The average Bonchev–Trinajstić information content (AvgIpc) is 2.46. The molecule has 1 aliphatic rings. The fourth-order valence-electron chi connectivity index (χ4n) is 3.33. The van der Waals surface area contributed by atoms with Crippen LogP contribution in [0.2, 0.25) is 0 Å². The number of benzene rings is 1. The minimum Gasteiger partial charge on any atom is -0.388 e. The molecule has 1 fully saturated rings. The highest BCUT2D eigenvalue weighted by Crippen LogP contribution is 2.23. The zero-order valence-electron chi connectivity index (χ0n) is 14.1. The second kappa shape index (κ2) is 7.75. The molecular weight excluding hydrogens is 312 g/mol. The van der Waals surface area contributed by atoms with Crippen LogP contribution in [0.1, 0.15) is 45.3 Å². The van der Waals surface area contributed by atoms with Crippen molar-refractivity contribution in [1.29, 1.82) is 0 Å². The van der Waals surface area contributed by atoms with E-state index in [0.29, 0.717) is 31.3 Å². The number of nitrogens with zero attached hydrogens (tertiary/aromatic N) is 1. The monoisotopic (exact) mass is 340 g/mol. The Morgan fingerprint density at radius 1 is 1.22 bits per heavy atom. The third-order valence-corrected chi connectivity index (χ3v) is 5.96. The fraction of sp³-hybridized carbons (Fsp3) is 0.647. The van der Waals surface area contributed by atoms with Crippen LogP contribution in [0.15, 0.2) is 30.3 Å². The first-order chi connectivity index (χ1) is 10.8. The second-order valence-corrected chi connectivity index (χ2v) is 8.65. The summed E-state index contributed by atoms with van der Waals surface area (Å²) in [6.07, 6.45) is 0.740. The van der Waals surface area contributed by atoms with Crippen molar-refractivity contribution >= 4 is 10.2 Å². The van der Waals surface area contributed by atoms with Gasteiger partial charge in [0.05, 0.1) is 6.10 Å². The molecule has 2 N–H and O–H groups in total. The van der Waals surface area contributed by atoms with Crippen molar-refractivity contribution < 1.29 is 13.5 Å². The van der Waals surface area contributed by atoms with E-state index >= 15 is 0 Å². The van der Waals surface area contributed by atoms with Crippen molar-refractivity contribution in [3.63, 3.8) is 0 Å². The van der Waals surface area contributed by atoms with Gasteiger partial charge >= 0.3 is 0 Å². The minimum absolute atomic E-state index is 0.331. The van der Waals surface area contributed by atoms with Crippen molar-refractivity contribution in [2.24, 2.45) is 11.8 Å². The molecule has 1 saturated heterocycles. The molecule has 0 bridgehead atoms. The summed E-state index contributed by atoms with van der Waals surface area (Å²) in [5, 5.41) is 10.2. The zero-order valence-corrected chi connectivity index (χ0v) is 15.0. The van der Waals surface area contributed by atoms with E-state index in [0.717, 1.165) is 12.0 Å². The smallest absolute Gasteiger partial charge is 0.279 e. The first kappa shape index (κ1) is 18.4. The normalized spacial score (nSPS) is 25.9. The van der Waals surface area contributed by atoms with Gasteiger partial charge < -0.3 is 5.11 Å². The number of rotatable bonds is 6. The summed E-state index contributed by atoms with van der Waals surface area (Å²) in [6, 6.07) is 8.98. The van der Waals surface area contributed by atoms with Gasteiger partial charge in [0.15, 0.2) is 0 Å². The summed E-state index contributed by atoms with van der Waals surface area (Å²) >= 11 is 0. The first-order valence-corrected chi connectivity index (χ1v) is 9.72. The predicted molar refractivity (Wildman–Crippen MR) is 92.1 cm³/mol. The van der Waals surface area contributed by atoms with E-state index in [1.165, 1.54) is 4.31 Å². The quantitative estimate of drug-likeness (QED) is 0.835. The zero-order chi connectivity index (χ0) is 17.0. The lowest BCUT2D eigenvalue weighted by Crippen LogP contribution is -2.50. The van der Waals surface area contributed by atoms with Crippen LogP contribution in [0.25, 0.3) is 0 Å². The second-order valence-electron chi connectivity index (χ2n) is 6.95. The Kier molecular flexibility index (Phi) is 6.19. The Morgan fingerprint density at radius 2 is 1.78 bits per heavy atom. The molecule has 1 aliphatic heterocycles. The Labute approximate surface area is 139 Å². The highest BCUT2D eigenvalue weighted by molar-refractivity contribution is 7.87. The van der Waals surface area contributed by atoms with Crippen molar-refractivity contribution in [2.75, 3.05) is 13.1 Å². The molecule has 2 rings (SSSR count). The van der Waals surface area contributed by atoms with Gasteiger partial charge in [-0.3, -0.25) is 0 Å². The molecule has 0 aliphatic carbocycles. The topological polar surface area (TPSA) is 69.6 Å². The van der Waals surface area contributed by atoms with Crippen molar-refractivity contribution in [1.82, 2.24) is 9.03 Å². The van der Waals surface area contributed by atoms with Crippen LogP contribution in [-0.2, 0) is 10.2 Å². The van der Waals surface area contributed by atoms with Gasteiger partial charge in [-0.05, 0) is 37.2 Å². The molecule has 6 heteroatoms. The SMILES string of the molecule is CC1CC(C)CN(S(=O)(=O)NC(C)CC(O)c2ccccc2)C1. The molecule has 0 spiro atoms. The molecule has 4 atom stereocenters. The number of piperidine rings is 1. The van der Waals surface area contributed by atoms with Gasteiger partial charge in [-0.1, -0.05) is 44.2 Å². The van der Waals surface area contributed by atoms with E-state index in [1.807, 2.05) is 30.3 Å². The van der Waals surface area contributed by atoms with Crippen molar-refractivity contribution in [3.05, 3.63) is 35.9 Å². The first-order valence-electron chi connectivity index (χ1n) is 8.28. The Hall–Kier alpha value is -0.950. The minimum atomic E-state index is -3.50. The Bertz CT molecular complexity index is 581. The Morgan fingerprint density at radius 3 is 2.35 bits per heavy atom. The summed E-state index contributed by atoms with van der Waals surface area (Å²) in [5.74, 6) is 0.751. The maximum atomic E-state index is 12.5. The van der Waals surface area contributed by atoms with E-state index in [9.17, 15) is 13.5 Å². The molecule has 5 nitrogen and oxygen atoms in total. The van der Waals surface area contributed by atoms with Gasteiger partial charge in [0.25, 0.3) is 10.2 Å². The molecule has 0 aromatic heterocycles. The van der Waals surface area contributed by atoms with Crippen LogP contribution in [0.3, 0.4) is 0 Å². The molecule has 4 unspecified atom stereocenters. The van der Waals surface area contributed by atoms with Crippen LogP contribution in [-0.4, -0.2) is 37.0 Å². The van der Waals surface area contributed by atoms with E-state index in [1.54, 1.807) is 6.92 Å². The lowest BCUT2D eigenvalue weighted by molar-refractivity contribution is 0.157. The molecule has 23 heavy (non-hydrogen) atoms. The Balaban J connectivity index is 1.94. The fourth-order valence-corrected chi connectivity index (χ4v) is 4.98. The lowest BCUT2D eigenvalue weighted by Gasteiger charge is -2.34. The average molecular weight is 340 g/mol. The molecule has 1 aromatic rings. The summed E-state index contributed by atoms with van der Waals surface area (Å²) in [5.41, 5.74) is 0.804. The molecule has 0 saturated carbocycles. The standard InChI is InChI=1S/C17H28N2O3S/c1-13-9-14(2)12-19(11-13)23(21,22)18-15(3)10-17(20)16-7-5-4-6-8-16/h4-8,13-15,17-18,20H,9-12H2,1-3H3. The third kappa shape index (κ3) is 5.28. The number of aliphatic hydroxyl groups excluding tert-OH is 1. The summed E-state index contributed by atoms with van der Waals surface area (Å²) in [7, 11) is -3.50. The largest absolute Gasteiger partial charge is 0.388 e. The molecule has 0 amide bonds. The van der Waals surface area contributed by atoms with Crippen molar-refractivity contribution in [3.8, 4) is 0 Å². The molecular formula is C17H28N2O3S. The maximum absolute atomic E-state index is 12.5. The van der Waals surface area contributed by atoms with Gasteiger partial charge in [0.1, 0.15) is 0 Å². The van der Waals surface area contributed by atoms with E-state index < -0.39 is 16.3 Å². The van der Waals surface area contributed by atoms with Gasteiger partial charge in [0, 0.05) is 19.1 Å². The highest BCUT2D eigenvalue weighted by Gasteiger charge is 2.31. The third-order valence-electron chi connectivity index (χ3n) is 4.29. The van der Waals surface area contributed by atoms with Crippen LogP contribution in [0.5, 0.6) is 0 Å². The number of hydrogen-bond acceptors (Lipinski definition) is 3. The molecule has 0 radical (unpaired) electrons. The maximum Gasteiger partial charge on any atom is 0.279 e. The van der Waals surface area contributed by atoms with Gasteiger partial charge in [-0.2, -0.15) is 17.4 Å². The van der Waals surface area contributed by atoms with Crippen LogP contribution in [0.4, 0.5) is 0 Å². The van der Waals surface area contributed by atoms with Crippen LogP contribution >= 0.6 is 0 Å². The van der Waals surface area contributed by atoms with Crippen LogP contribution in [0, 0.1) is 11.8 Å². The number of aliphatic hydroxyl groups is 1. The summed E-state index contributed by atoms with van der Waals surface area (Å²) < 4.78 is 29.3. The van der Waals surface area contributed by atoms with E-state index in [2.05, 4.69) is 18.6 Å². The molecule has 1 aromatic carbocycles. The molecule has 1 heterocycles. The van der Waals surface area contributed by atoms with Gasteiger partial charge in [0.2, 0.25) is 0 Å². The summed E-state index contributed by atoms with van der Waals surface area (Å²) in [6.45, 7) is 7.09. The number of nitrogens with one attached hydrogen (secondary N) is 1. The van der Waals surface area contributed by atoms with Crippen LogP contribution < -0.4 is 4.72 Å². The lowest BCUT2D eigenvalue weighted by atomic mass is 9.94. The van der Waals surface area contributed by atoms with E-state index in [4.69, 9.17) is 0 Å². The summed E-state index contributed by atoms with van der Waals surface area (Å²) in [4.78, 5) is 0. The number of hydrogen-bond donors (Lipinski definition) is 2. The van der Waals surface area contributed by atoms with Crippen molar-refractivity contribution in [2.45, 2.75) is 45.8 Å². The molecule has 130 valence electrons.